The van der Waals surface area contributed by atoms with Crippen LogP contribution in [-0.2, 0) is 9.59 Å². The lowest BCUT2D eigenvalue weighted by molar-refractivity contribution is -0.141. The summed E-state index contributed by atoms with van der Waals surface area (Å²) in [6.45, 7) is 0. The van der Waals surface area contributed by atoms with Crippen molar-refractivity contribution in [3.8, 4) is 0 Å². The van der Waals surface area contributed by atoms with Crippen molar-refractivity contribution >= 4 is 11.9 Å². The predicted octanol–water partition coefficient (Wildman–Crippen LogP) is -0.205. The Hall–Kier alpha value is -1.06. The van der Waals surface area contributed by atoms with E-state index in [9.17, 15) is 9.59 Å². The highest BCUT2D eigenvalue weighted by atomic mass is 16.4. The molecule has 0 spiro atoms. The Morgan fingerprint density at radius 1 is 1.36 bits per heavy atom. The molecule has 1 saturated carbocycles. The Balaban J connectivity index is 2.44. The second-order valence-electron chi connectivity index (χ2n) is 3.02. The minimum atomic E-state index is -0.856. The van der Waals surface area contributed by atoms with Crippen LogP contribution in [-0.4, -0.2) is 36.0 Å². The van der Waals surface area contributed by atoms with Crippen molar-refractivity contribution in [2.45, 2.75) is 6.42 Å². The van der Waals surface area contributed by atoms with Gasteiger partial charge in [0.1, 0.15) is 0 Å². The average Bonchev–Trinajstić information content (AvgIpc) is 2.63. The van der Waals surface area contributed by atoms with Crippen molar-refractivity contribution in [2.75, 3.05) is 14.1 Å². The topological polar surface area (TPSA) is 57.6 Å². The zero-order chi connectivity index (χ0) is 8.59. The van der Waals surface area contributed by atoms with Crippen LogP contribution >= 0.6 is 0 Å². The zero-order valence-corrected chi connectivity index (χ0v) is 6.57. The third-order valence-corrected chi connectivity index (χ3v) is 1.87. The van der Waals surface area contributed by atoms with E-state index in [2.05, 4.69) is 0 Å². The van der Waals surface area contributed by atoms with E-state index in [0.717, 1.165) is 0 Å². The number of rotatable bonds is 2. The molecule has 4 heteroatoms. The maximum atomic E-state index is 11.1. The van der Waals surface area contributed by atoms with Gasteiger partial charge in [-0.1, -0.05) is 0 Å². The molecule has 1 rings (SSSR count). The molecular formula is C7H11NO3. The Bertz CT molecular complexity index is 200. The Morgan fingerprint density at radius 2 is 1.91 bits per heavy atom. The third kappa shape index (κ3) is 1.50. The van der Waals surface area contributed by atoms with Crippen molar-refractivity contribution in [1.82, 2.24) is 4.90 Å². The van der Waals surface area contributed by atoms with E-state index in [4.69, 9.17) is 5.11 Å². The van der Waals surface area contributed by atoms with E-state index in [-0.39, 0.29) is 11.8 Å². The average molecular weight is 157 g/mol. The van der Waals surface area contributed by atoms with Gasteiger partial charge >= 0.3 is 5.97 Å². The van der Waals surface area contributed by atoms with E-state index >= 15 is 0 Å². The lowest BCUT2D eigenvalue weighted by Crippen LogP contribution is -2.24. The molecule has 1 amide bonds. The summed E-state index contributed by atoms with van der Waals surface area (Å²) < 4.78 is 0. The van der Waals surface area contributed by atoms with Gasteiger partial charge in [-0.15, -0.1) is 0 Å². The summed E-state index contributed by atoms with van der Waals surface area (Å²) >= 11 is 0. The number of carbonyl (C=O) groups is 2. The van der Waals surface area contributed by atoms with Crippen LogP contribution in [0.3, 0.4) is 0 Å². The molecule has 1 aliphatic rings. The maximum absolute atomic E-state index is 11.1. The SMILES string of the molecule is CN(C)C(=O)C1CC1C(=O)O. The van der Waals surface area contributed by atoms with Crippen molar-refractivity contribution in [1.29, 1.82) is 0 Å². The lowest BCUT2D eigenvalue weighted by Gasteiger charge is -2.08. The van der Waals surface area contributed by atoms with E-state index in [1.807, 2.05) is 0 Å². The number of nitrogens with zero attached hydrogens (tertiary/aromatic N) is 1. The van der Waals surface area contributed by atoms with Crippen LogP contribution in [0.25, 0.3) is 0 Å². The number of hydrogen-bond donors (Lipinski definition) is 1. The number of aliphatic carboxylic acids is 1. The minimum absolute atomic E-state index is 0.0719. The van der Waals surface area contributed by atoms with Gasteiger partial charge in [-0.2, -0.15) is 0 Å². The molecule has 0 aromatic heterocycles. The Kier molecular flexibility index (Phi) is 1.85. The summed E-state index contributed by atoms with van der Waals surface area (Å²) in [5.41, 5.74) is 0. The fraction of sp³-hybridized carbons (Fsp3) is 0.714. The van der Waals surface area contributed by atoms with Gasteiger partial charge in [-0.3, -0.25) is 9.59 Å². The van der Waals surface area contributed by atoms with Crippen LogP contribution in [0, 0.1) is 11.8 Å². The molecule has 0 aromatic carbocycles. The minimum Gasteiger partial charge on any atom is -0.481 e. The van der Waals surface area contributed by atoms with Gasteiger partial charge in [-0.05, 0) is 6.42 Å². The fourth-order valence-corrected chi connectivity index (χ4v) is 1.07. The first kappa shape index (κ1) is 8.04. The second-order valence-corrected chi connectivity index (χ2v) is 3.02. The summed E-state index contributed by atoms with van der Waals surface area (Å²) in [6, 6.07) is 0. The summed E-state index contributed by atoms with van der Waals surface area (Å²) in [6.07, 6.45) is 0.506. The first-order chi connectivity index (χ1) is 5.04. The van der Waals surface area contributed by atoms with Gasteiger partial charge < -0.3 is 10.0 Å². The number of hydrogen-bond acceptors (Lipinski definition) is 2. The first-order valence-electron chi connectivity index (χ1n) is 3.48. The van der Waals surface area contributed by atoms with E-state index in [1.165, 1.54) is 4.90 Å². The van der Waals surface area contributed by atoms with Crippen LogP contribution in [0.5, 0.6) is 0 Å². The largest absolute Gasteiger partial charge is 0.481 e. The van der Waals surface area contributed by atoms with Crippen LogP contribution in [0.1, 0.15) is 6.42 Å². The molecule has 1 aliphatic carbocycles. The first-order valence-corrected chi connectivity index (χ1v) is 3.48. The van der Waals surface area contributed by atoms with Crippen LogP contribution in [0.4, 0.5) is 0 Å². The van der Waals surface area contributed by atoms with Crippen molar-refractivity contribution in [3.05, 3.63) is 0 Å². The summed E-state index contributed by atoms with van der Waals surface area (Å²) in [5.74, 6) is -1.62. The van der Waals surface area contributed by atoms with Gasteiger partial charge in [0.15, 0.2) is 0 Å². The molecule has 0 bridgehead atoms. The number of carboxylic acid groups (broad SMARTS) is 1. The molecule has 2 unspecified atom stereocenters. The van der Waals surface area contributed by atoms with Gasteiger partial charge in [0.25, 0.3) is 0 Å². The van der Waals surface area contributed by atoms with Crippen molar-refractivity contribution in [2.24, 2.45) is 11.8 Å². The molecule has 0 heterocycles. The normalized spacial score (nSPS) is 27.8. The summed E-state index contributed by atoms with van der Waals surface area (Å²) in [7, 11) is 3.28. The number of carbonyl (C=O) groups excluding carboxylic acids is 1. The quantitative estimate of drug-likeness (QED) is 0.603. The van der Waals surface area contributed by atoms with Crippen LogP contribution < -0.4 is 0 Å². The van der Waals surface area contributed by atoms with Gasteiger partial charge in [-0.25, -0.2) is 0 Å². The van der Waals surface area contributed by atoms with Gasteiger partial charge in [0.05, 0.1) is 11.8 Å². The number of carboxylic acids is 1. The monoisotopic (exact) mass is 157 g/mol. The Morgan fingerprint density at radius 3 is 2.18 bits per heavy atom. The summed E-state index contributed by atoms with van der Waals surface area (Å²) in [4.78, 5) is 22.8. The predicted molar refractivity (Wildman–Crippen MR) is 37.9 cm³/mol. The van der Waals surface area contributed by atoms with E-state index < -0.39 is 11.9 Å². The maximum Gasteiger partial charge on any atom is 0.307 e. The molecular weight excluding hydrogens is 146 g/mol. The van der Waals surface area contributed by atoms with E-state index in [1.54, 1.807) is 14.1 Å². The molecule has 62 valence electrons. The highest BCUT2D eigenvalue weighted by molar-refractivity contribution is 5.89. The smallest absolute Gasteiger partial charge is 0.307 e. The molecule has 0 aromatic rings. The van der Waals surface area contributed by atoms with Crippen LogP contribution in [0.15, 0.2) is 0 Å². The molecule has 1 fully saturated rings. The van der Waals surface area contributed by atoms with Gasteiger partial charge in [0, 0.05) is 14.1 Å². The molecule has 0 radical (unpaired) electrons. The lowest BCUT2D eigenvalue weighted by atomic mass is 10.3. The molecule has 1 N–H and O–H groups in total. The highest BCUT2D eigenvalue weighted by Gasteiger charge is 2.48. The number of amides is 1. The molecule has 2 atom stereocenters. The fourth-order valence-electron chi connectivity index (χ4n) is 1.07. The van der Waals surface area contributed by atoms with Crippen LogP contribution in [0.2, 0.25) is 0 Å². The van der Waals surface area contributed by atoms with E-state index in [0.29, 0.717) is 6.42 Å². The zero-order valence-electron chi connectivity index (χ0n) is 6.57. The molecule has 0 aliphatic heterocycles. The van der Waals surface area contributed by atoms with Gasteiger partial charge in [0.2, 0.25) is 5.91 Å². The standard InChI is InChI=1S/C7H11NO3/c1-8(2)6(9)4-3-5(4)7(10)11/h4-5H,3H2,1-2H3,(H,10,11). The Labute approximate surface area is 64.8 Å². The van der Waals surface area contributed by atoms with Crippen molar-refractivity contribution < 1.29 is 14.7 Å². The molecule has 0 saturated heterocycles. The van der Waals surface area contributed by atoms with Crippen molar-refractivity contribution in [3.63, 3.8) is 0 Å². The highest BCUT2D eigenvalue weighted by Crippen LogP contribution is 2.39. The summed E-state index contributed by atoms with van der Waals surface area (Å²) in [5, 5.41) is 8.48. The third-order valence-electron chi connectivity index (χ3n) is 1.87. The molecule has 11 heavy (non-hydrogen) atoms. The molecule has 4 nitrogen and oxygen atoms in total. The second kappa shape index (κ2) is 2.53.